The van der Waals surface area contributed by atoms with Crippen molar-refractivity contribution < 1.29 is 0 Å². The first kappa shape index (κ1) is 24.7. The van der Waals surface area contributed by atoms with Gasteiger partial charge in [0.15, 0.2) is 0 Å². The topological polar surface area (TPSA) is 9.86 Å². The van der Waals surface area contributed by atoms with Crippen LogP contribution in [0.15, 0.2) is 170 Å². The maximum absolute atomic E-state index is 2.48. The van der Waals surface area contributed by atoms with E-state index in [9.17, 15) is 0 Å². The number of aromatic nitrogens is 2. The van der Waals surface area contributed by atoms with Gasteiger partial charge in [0.05, 0.1) is 22.2 Å². The summed E-state index contributed by atoms with van der Waals surface area (Å²) in [4.78, 5) is 0. The van der Waals surface area contributed by atoms with E-state index < -0.39 is 0 Å². The molecule has 44 heavy (non-hydrogen) atoms. The summed E-state index contributed by atoms with van der Waals surface area (Å²) in [6.07, 6.45) is 0. The minimum Gasteiger partial charge on any atom is -0.309 e. The predicted molar refractivity (Wildman–Crippen MR) is 186 cm³/mol. The van der Waals surface area contributed by atoms with Gasteiger partial charge in [0.1, 0.15) is 0 Å². The summed E-state index contributed by atoms with van der Waals surface area (Å²) < 4.78 is 4.94. The molecule has 0 amide bonds. The number of hydrogen-bond acceptors (Lipinski definition) is 0. The van der Waals surface area contributed by atoms with Crippen LogP contribution < -0.4 is 0 Å². The second-order valence-corrected chi connectivity index (χ2v) is 11.4. The van der Waals surface area contributed by atoms with Crippen LogP contribution in [0.4, 0.5) is 0 Å². The van der Waals surface area contributed by atoms with Crippen molar-refractivity contribution in [2.24, 2.45) is 0 Å². The Kier molecular flexibility index (Phi) is 5.54. The summed E-state index contributed by atoms with van der Waals surface area (Å²) in [5, 5.41) is 6.23. The van der Waals surface area contributed by atoms with E-state index in [2.05, 4.69) is 179 Å². The van der Waals surface area contributed by atoms with Crippen LogP contribution >= 0.6 is 0 Å². The van der Waals surface area contributed by atoms with Crippen LogP contribution in [0.5, 0.6) is 0 Å². The van der Waals surface area contributed by atoms with E-state index in [1.165, 1.54) is 65.9 Å². The predicted octanol–water partition coefficient (Wildman–Crippen LogP) is 11.2. The zero-order valence-electron chi connectivity index (χ0n) is 24.1. The summed E-state index contributed by atoms with van der Waals surface area (Å²) in [6.45, 7) is 0. The van der Waals surface area contributed by atoms with E-state index in [-0.39, 0.29) is 0 Å². The van der Waals surface area contributed by atoms with E-state index in [1.54, 1.807) is 0 Å². The van der Waals surface area contributed by atoms with Crippen LogP contribution in [-0.4, -0.2) is 9.13 Å². The highest BCUT2D eigenvalue weighted by Crippen LogP contribution is 2.47. The lowest BCUT2D eigenvalue weighted by atomic mass is 9.97. The van der Waals surface area contributed by atoms with Crippen LogP contribution in [0.1, 0.15) is 0 Å². The van der Waals surface area contributed by atoms with Gasteiger partial charge in [-0.05, 0) is 58.3 Å². The first-order chi connectivity index (χ1) is 21.9. The Bertz CT molecular complexity index is 2470. The van der Waals surface area contributed by atoms with Gasteiger partial charge < -0.3 is 9.13 Å². The van der Waals surface area contributed by atoms with Gasteiger partial charge in [-0.15, -0.1) is 0 Å². The Hall–Kier alpha value is -5.86. The monoisotopic (exact) mass is 560 g/mol. The van der Waals surface area contributed by atoms with Crippen LogP contribution in [-0.2, 0) is 0 Å². The normalized spacial score (nSPS) is 11.6. The molecule has 9 aromatic rings. The maximum atomic E-state index is 2.48. The Morgan fingerprint density at radius 2 is 1.00 bits per heavy atom. The lowest BCUT2D eigenvalue weighted by Gasteiger charge is -2.14. The average molecular weight is 561 g/mol. The van der Waals surface area contributed by atoms with Gasteiger partial charge in [-0.1, -0.05) is 133 Å². The Morgan fingerprint density at radius 1 is 0.364 bits per heavy atom. The molecule has 0 spiro atoms. The number of nitrogens with zero attached hydrogens (tertiary/aromatic N) is 2. The summed E-state index contributed by atoms with van der Waals surface area (Å²) in [5.41, 5.74) is 10.8. The number of fused-ring (bicyclic) bond motifs is 6. The molecule has 2 nitrogen and oxygen atoms in total. The highest BCUT2D eigenvalue weighted by Gasteiger charge is 2.26. The van der Waals surface area contributed by atoms with Gasteiger partial charge in [0.25, 0.3) is 0 Å². The zero-order chi connectivity index (χ0) is 29.0. The van der Waals surface area contributed by atoms with E-state index in [4.69, 9.17) is 0 Å². The van der Waals surface area contributed by atoms with Crippen molar-refractivity contribution in [2.75, 3.05) is 0 Å². The molecule has 0 saturated carbocycles. The smallest absolute Gasteiger partial charge is 0.0641 e. The van der Waals surface area contributed by atoms with Gasteiger partial charge in [-0.25, -0.2) is 0 Å². The molecule has 0 saturated heterocycles. The molecule has 9 rings (SSSR count). The first-order valence-electron chi connectivity index (χ1n) is 15.1. The molecule has 0 atom stereocenters. The SMILES string of the molecule is c1ccc(-c2c(-c3ccccc3)n(-c3ccc4ccccc4c3)c3ccc4c5ccccc5n(-c5ccccc5)c4c23)cc1. The fourth-order valence-electron chi connectivity index (χ4n) is 7.01. The summed E-state index contributed by atoms with van der Waals surface area (Å²) in [6, 6.07) is 61.4. The molecule has 0 unspecified atom stereocenters. The van der Waals surface area contributed by atoms with Crippen LogP contribution in [0.3, 0.4) is 0 Å². The molecule has 7 aromatic carbocycles. The molecule has 0 aliphatic rings. The van der Waals surface area contributed by atoms with E-state index in [0.29, 0.717) is 0 Å². The average Bonchev–Trinajstić information content (AvgIpc) is 3.63. The van der Waals surface area contributed by atoms with E-state index in [0.717, 1.165) is 11.4 Å². The zero-order valence-corrected chi connectivity index (χ0v) is 24.1. The number of para-hydroxylation sites is 2. The Balaban J connectivity index is 1.55. The van der Waals surface area contributed by atoms with Crippen LogP contribution in [0.25, 0.3) is 77.2 Å². The lowest BCUT2D eigenvalue weighted by Crippen LogP contribution is -1.98. The fraction of sp³-hybridized carbons (Fsp3) is 0. The summed E-state index contributed by atoms with van der Waals surface area (Å²) in [7, 11) is 0. The molecule has 0 N–H and O–H groups in total. The van der Waals surface area contributed by atoms with Crippen molar-refractivity contribution in [1.82, 2.24) is 9.13 Å². The highest BCUT2D eigenvalue weighted by molar-refractivity contribution is 6.24. The molecule has 0 radical (unpaired) electrons. The number of hydrogen-bond donors (Lipinski definition) is 0. The minimum absolute atomic E-state index is 1.15. The van der Waals surface area contributed by atoms with Gasteiger partial charge >= 0.3 is 0 Å². The standard InChI is InChI=1S/C42H28N2/c1-4-15-30(16-5-1)39-40-38(27-26-36-35-22-12-13-23-37(35)43(42(36)40)33-20-8-3-9-21-33)44(41(39)31-17-6-2-7-18-31)34-25-24-29-14-10-11-19-32(29)28-34/h1-28H. The minimum atomic E-state index is 1.15. The van der Waals surface area contributed by atoms with Gasteiger partial charge in [0, 0.05) is 33.1 Å². The third-order valence-electron chi connectivity index (χ3n) is 8.88. The summed E-state index contributed by atoms with van der Waals surface area (Å²) >= 11 is 0. The number of rotatable bonds is 4. The Morgan fingerprint density at radius 3 is 1.77 bits per heavy atom. The lowest BCUT2D eigenvalue weighted by molar-refractivity contribution is 1.14. The quantitative estimate of drug-likeness (QED) is 0.203. The van der Waals surface area contributed by atoms with Crippen molar-refractivity contribution in [3.63, 3.8) is 0 Å². The van der Waals surface area contributed by atoms with Crippen molar-refractivity contribution in [3.05, 3.63) is 170 Å². The van der Waals surface area contributed by atoms with Gasteiger partial charge in [-0.2, -0.15) is 0 Å². The van der Waals surface area contributed by atoms with Crippen molar-refractivity contribution in [1.29, 1.82) is 0 Å². The molecule has 206 valence electrons. The second-order valence-electron chi connectivity index (χ2n) is 11.4. The van der Waals surface area contributed by atoms with Crippen molar-refractivity contribution in [2.45, 2.75) is 0 Å². The molecule has 0 aliphatic carbocycles. The van der Waals surface area contributed by atoms with Crippen LogP contribution in [0.2, 0.25) is 0 Å². The third kappa shape index (κ3) is 3.68. The highest BCUT2D eigenvalue weighted by atomic mass is 15.0. The molecule has 2 aromatic heterocycles. The Labute approximate surface area is 255 Å². The maximum Gasteiger partial charge on any atom is 0.0641 e. The van der Waals surface area contributed by atoms with Gasteiger partial charge in [0.2, 0.25) is 0 Å². The van der Waals surface area contributed by atoms with E-state index in [1.807, 2.05) is 0 Å². The molecular weight excluding hydrogens is 532 g/mol. The first-order valence-corrected chi connectivity index (χ1v) is 15.1. The van der Waals surface area contributed by atoms with Crippen molar-refractivity contribution >= 4 is 43.5 Å². The molecular formula is C42H28N2. The molecule has 0 fully saturated rings. The fourth-order valence-corrected chi connectivity index (χ4v) is 7.01. The van der Waals surface area contributed by atoms with Crippen LogP contribution in [0, 0.1) is 0 Å². The largest absolute Gasteiger partial charge is 0.309 e. The third-order valence-corrected chi connectivity index (χ3v) is 8.88. The number of benzene rings is 7. The summed E-state index contributed by atoms with van der Waals surface area (Å²) in [5.74, 6) is 0. The molecule has 0 bridgehead atoms. The van der Waals surface area contributed by atoms with E-state index >= 15 is 0 Å². The molecule has 2 heteroatoms. The molecule has 2 heterocycles. The van der Waals surface area contributed by atoms with Gasteiger partial charge in [-0.3, -0.25) is 0 Å². The second kappa shape index (κ2) is 9.86. The molecule has 0 aliphatic heterocycles. The van der Waals surface area contributed by atoms with Crippen molar-refractivity contribution in [3.8, 4) is 33.8 Å².